The fourth-order valence-electron chi connectivity index (χ4n) is 1.47. The van der Waals surface area contributed by atoms with Crippen molar-refractivity contribution in [2.75, 3.05) is 0 Å². The van der Waals surface area contributed by atoms with Crippen molar-refractivity contribution in [1.82, 2.24) is 5.32 Å². The van der Waals surface area contributed by atoms with E-state index in [1.807, 2.05) is 0 Å². The summed E-state index contributed by atoms with van der Waals surface area (Å²) >= 11 is 0. The van der Waals surface area contributed by atoms with E-state index < -0.39 is 36.3 Å². The van der Waals surface area contributed by atoms with Crippen molar-refractivity contribution in [2.24, 2.45) is 5.92 Å². The lowest BCUT2D eigenvalue weighted by Gasteiger charge is -2.33. The number of aliphatic hydroxyl groups excluding tert-OH is 1. The number of carbonyl (C=O) groups excluding carboxylic acids is 1. The van der Waals surface area contributed by atoms with Gasteiger partial charge in [-0.2, -0.15) is 26.3 Å². The van der Waals surface area contributed by atoms with Gasteiger partial charge in [-0.1, -0.05) is 0 Å². The Hall–Kier alpha value is -0.990. The number of hydrogen-bond acceptors (Lipinski definition) is 2. The van der Waals surface area contributed by atoms with E-state index in [4.69, 9.17) is 5.11 Å². The molecule has 3 nitrogen and oxygen atoms in total. The van der Waals surface area contributed by atoms with Crippen molar-refractivity contribution >= 4 is 5.91 Å². The molecule has 0 aromatic rings. The van der Waals surface area contributed by atoms with Crippen LogP contribution in [0.3, 0.4) is 0 Å². The predicted octanol–water partition coefficient (Wildman–Crippen LogP) is 1.37. The molecule has 0 unspecified atom stereocenters. The molecule has 0 saturated heterocycles. The van der Waals surface area contributed by atoms with Crippen molar-refractivity contribution < 1.29 is 36.2 Å². The summed E-state index contributed by atoms with van der Waals surface area (Å²) < 4.78 is 72.5. The van der Waals surface area contributed by atoms with Crippen LogP contribution in [-0.2, 0) is 4.79 Å². The Bertz CT molecular complexity index is 279. The van der Waals surface area contributed by atoms with Gasteiger partial charge in [0, 0.05) is 6.04 Å². The first-order valence-electron chi connectivity index (χ1n) is 4.63. The minimum atomic E-state index is -5.68. The molecule has 0 bridgehead atoms. The van der Waals surface area contributed by atoms with Gasteiger partial charge in [0.25, 0.3) is 0 Å². The SMILES string of the molecule is O=C(NC1CC(O)C1)C(C(F)(F)F)C(F)(F)F. The molecule has 1 aliphatic carbocycles. The molecule has 0 spiro atoms. The third-order valence-corrected chi connectivity index (χ3v) is 2.38. The van der Waals surface area contributed by atoms with E-state index in [1.54, 1.807) is 5.32 Å². The number of amides is 1. The first-order valence-corrected chi connectivity index (χ1v) is 4.63. The predicted molar refractivity (Wildman–Crippen MR) is 42.8 cm³/mol. The number of nitrogens with one attached hydrogen (secondary N) is 1. The lowest BCUT2D eigenvalue weighted by molar-refractivity contribution is -0.274. The molecule has 9 heteroatoms. The summed E-state index contributed by atoms with van der Waals surface area (Å²) in [6, 6.07) is -0.829. The molecule has 0 aliphatic heterocycles. The Balaban J connectivity index is 2.68. The van der Waals surface area contributed by atoms with Crippen LogP contribution in [0.2, 0.25) is 0 Å². The Morgan fingerprint density at radius 1 is 1.12 bits per heavy atom. The number of hydrogen-bond donors (Lipinski definition) is 2. The van der Waals surface area contributed by atoms with Crippen LogP contribution in [0.1, 0.15) is 12.8 Å². The van der Waals surface area contributed by atoms with E-state index in [-0.39, 0.29) is 12.8 Å². The molecule has 0 aromatic heterocycles. The summed E-state index contributed by atoms with van der Waals surface area (Å²) in [5, 5.41) is 10.4. The fourth-order valence-corrected chi connectivity index (χ4v) is 1.47. The maximum Gasteiger partial charge on any atom is 0.409 e. The van der Waals surface area contributed by atoms with Crippen LogP contribution in [0.4, 0.5) is 26.3 Å². The molecule has 2 N–H and O–H groups in total. The van der Waals surface area contributed by atoms with Gasteiger partial charge in [-0.05, 0) is 12.8 Å². The van der Waals surface area contributed by atoms with Gasteiger partial charge in [-0.15, -0.1) is 0 Å². The third kappa shape index (κ3) is 3.48. The maximum atomic E-state index is 12.1. The largest absolute Gasteiger partial charge is 0.409 e. The molecular formula is C8H9F6NO2. The molecule has 0 aromatic carbocycles. The maximum absolute atomic E-state index is 12.1. The van der Waals surface area contributed by atoms with Crippen molar-refractivity contribution in [1.29, 1.82) is 0 Å². The van der Waals surface area contributed by atoms with E-state index in [2.05, 4.69) is 0 Å². The zero-order chi connectivity index (χ0) is 13.4. The zero-order valence-corrected chi connectivity index (χ0v) is 8.27. The van der Waals surface area contributed by atoms with E-state index in [1.165, 1.54) is 0 Å². The van der Waals surface area contributed by atoms with Crippen molar-refractivity contribution in [2.45, 2.75) is 37.3 Å². The summed E-state index contributed by atoms with van der Waals surface area (Å²) in [4.78, 5) is 10.9. The molecule has 17 heavy (non-hydrogen) atoms. The summed E-state index contributed by atoms with van der Waals surface area (Å²) in [5.74, 6) is -6.14. The van der Waals surface area contributed by atoms with Crippen molar-refractivity contribution in [3.05, 3.63) is 0 Å². The van der Waals surface area contributed by atoms with Crippen molar-refractivity contribution in [3.8, 4) is 0 Å². The molecule has 0 heterocycles. The highest BCUT2D eigenvalue weighted by molar-refractivity contribution is 5.80. The first kappa shape index (κ1) is 14.1. The van der Waals surface area contributed by atoms with Gasteiger partial charge in [-0.3, -0.25) is 4.79 Å². The second-order valence-corrected chi connectivity index (χ2v) is 3.85. The lowest BCUT2D eigenvalue weighted by atomic mass is 9.89. The Kier molecular flexibility index (Phi) is 3.60. The average Bonchev–Trinajstić information content (AvgIpc) is 1.94. The number of aliphatic hydroxyl groups is 1. The molecule has 1 fully saturated rings. The summed E-state index contributed by atoms with van der Waals surface area (Å²) in [7, 11) is 0. The molecular weight excluding hydrogens is 256 g/mol. The Labute approximate surface area is 91.8 Å². The van der Waals surface area contributed by atoms with E-state index >= 15 is 0 Å². The third-order valence-electron chi connectivity index (χ3n) is 2.38. The quantitative estimate of drug-likeness (QED) is 0.741. The van der Waals surface area contributed by atoms with E-state index in [0.717, 1.165) is 0 Å². The number of alkyl halides is 6. The molecule has 1 rings (SSSR count). The van der Waals surface area contributed by atoms with Gasteiger partial charge in [0.2, 0.25) is 11.8 Å². The molecule has 1 aliphatic rings. The molecule has 100 valence electrons. The van der Waals surface area contributed by atoms with Crippen LogP contribution in [0.5, 0.6) is 0 Å². The number of carbonyl (C=O) groups is 1. The minimum Gasteiger partial charge on any atom is -0.393 e. The lowest BCUT2D eigenvalue weighted by Crippen LogP contribution is -2.54. The first-order chi connectivity index (χ1) is 7.51. The summed E-state index contributed by atoms with van der Waals surface area (Å²) in [6.07, 6.45) is -12.2. The van der Waals surface area contributed by atoms with Gasteiger partial charge < -0.3 is 10.4 Å². The normalized spacial score (nSPS) is 25.6. The van der Waals surface area contributed by atoms with Crippen LogP contribution >= 0.6 is 0 Å². The van der Waals surface area contributed by atoms with Gasteiger partial charge in [-0.25, -0.2) is 0 Å². The highest BCUT2D eigenvalue weighted by atomic mass is 19.4. The van der Waals surface area contributed by atoms with Gasteiger partial charge in [0.05, 0.1) is 6.10 Å². The van der Waals surface area contributed by atoms with E-state index in [9.17, 15) is 31.1 Å². The summed E-state index contributed by atoms with van der Waals surface area (Å²) in [6.45, 7) is 0. The highest BCUT2D eigenvalue weighted by Crippen LogP contribution is 2.39. The van der Waals surface area contributed by atoms with Gasteiger partial charge in [0.1, 0.15) is 0 Å². The van der Waals surface area contributed by atoms with Gasteiger partial charge in [0.15, 0.2) is 0 Å². The molecule has 1 amide bonds. The Morgan fingerprint density at radius 3 is 1.82 bits per heavy atom. The second-order valence-electron chi connectivity index (χ2n) is 3.85. The van der Waals surface area contributed by atoms with Crippen molar-refractivity contribution in [3.63, 3.8) is 0 Å². The van der Waals surface area contributed by atoms with Crippen LogP contribution in [0.15, 0.2) is 0 Å². The van der Waals surface area contributed by atoms with Crippen LogP contribution in [0.25, 0.3) is 0 Å². The second kappa shape index (κ2) is 4.35. The monoisotopic (exact) mass is 265 g/mol. The Morgan fingerprint density at radius 2 is 1.53 bits per heavy atom. The zero-order valence-electron chi connectivity index (χ0n) is 8.27. The summed E-state index contributed by atoms with van der Waals surface area (Å²) in [5.41, 5.74) is 0. The molecule has 1 saturated carbocycles. The number of halogens is 6. The van der Waals surface area contributed by atoms with Gasteiger partial charge >= 0.3 is 12.4 Å². The van der Waals surface area contributed by atoms with Crippen LogP contribution in [0, 0.1) is 5.92 Å². The smallest absolute Gasteiger partial charge is 0.393 e. The minimum absolute atomic E-state index is 0.0336. The number of rotatable bonds is 2. The van der Waals surface area contributed by atoms with E-state index in [0.29, 0.717) is 0 Å². The molecule has 0 atom stereocenters. The van der Waals surface area contributed by atoms with Crippen LogP contribution < -0.4 is 5.32 Å². The molecule has 0 radical (unpaired) electrons. The van der Waals surface area contributed by atoms with Crippen LogP contribution in [-0.4, -0.2) is 35.5 Å². The fraction of sp³-hybridized carbons (Fsp3) is 0.875. The standard InChI is InChI=1S/C8H9F6NO2/c9-7(10,11)5(8(12,13)14)6(17)15-3-1-4(16)2-3/h3-5,16H,1-2H2,(H,15,17). The highest BCUT2D eigenvalue weighted by Gasteiger charge is 2.61. The average molecular weight is 265 g/mol. The topological polar surface area (TPSA) is 49.3 Å².